The molecule has 0 amide bonds. The molecule has 1 saturated heterocycles. The second-order valence-electron chi connectivity index (χ2n) is 4.15. The third-order valence-corrected chi connectivity index (χ3v) is 3.18. The molecule has 2 rings (SSSR count). The highest BCUT2D eigenvalue weighted by molar-refractivity contribution is 5.62. The topological polar surface area (TPSA) is 50.5 Å². The lowest BCUT2D eigenvalue weighted by Crippen LogP contribution is -2.29. The first-order chi connectivity index (χ1) is 7.74. The monoisotopic (exact) mass is 221 g/mol. The summed E-state index contributed by atoms with van der Waals surface area (Å²) in [4.78, 5) is 2.35. The van der Waals surface area contributed by atoms with Crippen LogP contribution in [0.25, 0.3) is 0 Å². The Morgan fingerprint density at radius 1 is 1.50 bits per heavy atom. The lowest BCUT2D eigenvalue weighted by atomic mass is 10.2. The molecule has 16 heavy (non-hydrogen) atoms. The van der Waals surface area contributed by atoms with E-state index in [-0.39, 0.29) is 0 Å². The Morgan fingerprint density at radius 3 is 2.94 bits per heavy atom. The quantitative estimate of drug-likeness (QED) is 0.750. The summed E-state index contributed by atoms with van der Waals surface area (Å²) in [5.41, 5.74) is 7.67. The van der Waals surface area contributed by atoms with Gasteiger partial charge in [-0.3, -0.25) is 0 Å². The number of benzene rings is 1. The van der Waals surface area contributed by atoms with Crippen molar-refractivity contribution in [1.29, 1.82) is 0 Å². The molecule has 0 bridgehead atoms. The van der Waals surface area contributed by atoms with E-state index in [1.54, 1.807) is 7.11 Å². The second kappa shape index (κ2) is 4.61. The van der Waals surface area contributed by atoms with Crippen LogP contribution in [0, 0.1) is 0 Å². The summed E-state index contributed by atoms with van der Waals surface area (Å²) in [6.07, 6.45) is 1.18. The molecule has 0 aromatic heterocycles. The molecule has 1 fully saturated rings. The van der Waals surface area contributed by atoms with E-state index in [0.29, 0.717) is 11.7 Å². The van der Waals surface area contributed by atoms with E-state index in [0.717, 1.165) is 18.8 Å². The van der Waals surface area contributed by atoms with Gasteiger partial charge in [0.05, 0.1) is 12.8 Å². The zero-order chi connectivity index (χ0) is 11.5. The Hall–Kier alpha value is -1.42. The van der Waals surface area contributed by atoms with E-state index in [2.05, 4.69) is 16.3 Å². The number of methoxy groups -OCH3 is 1. The van der Waals surface area contributed by atoms with Crippen LogP contribution >= 0.6 is 0 Å². The van der Waals surface area contributed by atoms with Gasteiger partial charge in [-0.15, -0.1) is 0 Å². The molecule has 1 heterocycles. The van der Waals surface area contributed by atoms with Gasteiger partial charge in [-0.2, -0.15) is 0 Å². The molecule has 0 spiro atoms. The highest BCUT2D eigenvalue weighted by Crippen LogP contribution is 2.29. The number of hydrogen-bond donors (Lipinski definition) is 2. The third-order valence-electron chi connectivity index (χ3n) is 3.18. The van der Waals surface area contributed by atoms with Crippen molar-refractivity contribution in [3.63, 3.8) is 0 Å². The molecule has 1 atom stereocenters. The molecule has 0 radical (unpaired) electrons. The van der Waals surface area contributed by atoms with Crippen LogP contribution in [-0.4, -0.2) is 33.3 Å². The molecular weight excluding hydrogens is 202 g/mol. The zero-order valence-corrected chi connectivity index (χ0v) is 9.86. The van der Waals surface area contributed by atoms with Gasteiger partial charge in [-0.1, -0.05) is 0 Å². The first kappa shape index (κ1) is 11.1. The van der Waals surface area contributed by atoms with Crippen molar-refractivity contribution in [2.45, 2.75) is 12.5 Å². The Morgan fingerprint density at radius 2 is 2.31 bits per heavy atom. The summed E-state index contributed by atoms with van der Waals surface area (Å²) in [6.45, 7) is 2.13. The van der Waals surface area contributed by atoms with Crippen LogP contribution in [0.5, 0.6) is 5.75 Å². The van der Waals surface area contributed by atoms with Crippen molar-refractivity contribution in [2.24, 2.45) is 0 Å². The minimum atomic E-state index is 0.587. The number of ether oxygens (including phenoxy) is 1. The summed E-state index contributed by atoms with van der Waals surface area (Å²) in [7, 11) is 3.66. The average Bonchev–Trinajstić information content (AvgIpc) is 2.78. The third kappa shape index (κ3) is 2.07. The van der Waals surface area contributed by atoms with Crippen molar-refractivity contribution >= 4 is 11.4 Å². The minimum absolute atomic E-state index is 0.587. The first-order valence-corrected chi connectivity index (χ1v) is 5.60. The maximum absolute atomic E-state index is 5.80. The average molecular weight is 221 g/mol. The molecule has 0 unspecified atom stereocenters. The van der Waals surface area contributed by atoms with E-state index in [9.17, 15) is 0 Å². The number of nitrogens with two attached hydrogens (primary N) is 1. The maximum atomic E-state index is 5.80. The molecule has 1 aliphatic rings. The summed E-state index contributed by atoms with van der Waals surface area (Å²) in [6, 6.07) is 6.55. The van der Waals surface area contributed by atoms with Gasteiger partial charge in [-0.05, 0) is 25.6 Å². The highest BCUT2D eigenvalue weighted by atomic mass is 16.5. The number of likely N-dealkylation sites (N-methyl/N-ethyl adjacent to an activating group) is 1. The fourth-order valence-electron chi connectivity index (χ4n) is 2.13. The van der Waals surface area contributed by atoms with Gasteiger partial charge in [0.15, 0.2) is 0 Å². The standard InChI is InChI=1S/C12H19N3O/c1-14-9-5-6-15(8-9)10-3-4-11(13)12(7-10)16-2/h3-4,7,9,14H,5-6,8,13H2,1-2H3/t9-/m0/s1. The van der Waals surface area contributed by atoms with Gasteiger partial charge in [0.25, 0.3) is 0 Å². The Bertz CT molecular complexity index is 367. The van der Waals surface area contributed by atoms with Crippen molar-refractivity contribution in [1.82, 2.24) is 5.32 Å². The van der Waals surface area contributed by atoms with Crippen LogP contribution in [-0.2, 0) is 0 Å². The smallest absolute Gasteiger partial charge is 0.143 e. The van der Waals surface area contributed by atoms with E-state index < -0.39 is 0 Å². The van der Waals surface area contributed by atoms with Gasteiger partial charge in [-0.25, -0.2) is 0 Å². The van der Waals surface area contributed by atoms with Crippen LogP contribution < -0.4 is 20.7 Å². The van der Waals surface area contributed by atoms with Crippen LogP contribution in [0.4, 0.5) is 11.4 Å². The minimum Gasteiger partial charge on any atom is -0.495 e. The van der Waals surface area contributed by atoms with Crippen LogP contribution in [0.1, 0.15) is 6.42 Å². The molecule has 0 aliphatic carbocycles. The van der Waals surface area contributed by atoms with Gasteiger partial charge in [0.1, 0.15) is 5.75 Å². The summed E-state index contributed by atoms with van der Waals surface area (Å²) >= 11 is 0. The number of hydrogen-bond acceptors (Lipinski definition) is 4. The molecule has 4 nitrogen and oxygen atoms in total. The second-order valence-corrected chi connectivity index (χ2v) is 4.15. The fourth-order valence-corrected chi connectivity index (χ4v) is 2.13. The molecule has 1 aromatic rings. The molecule has 3 N–H and O–H groups in total. The highest BCUT2D eigenvalue weighted by Gasteiger charge is 2.21. The van der Waals surface area contributed by atoms with Gasteiger partial charge < -0.3 is 20.7 Å². The number of nitrogens with zero attached hydrogens (tertiary/aromatic N) is 1. The first-order valence-electron chi connectivity index (χ1n) is 5.60. The predicted octanol–water partition coefficient (Wildman–Crippen LogP) is 1.08. The fraction of sp³-hybridized carbons (Fsp3) is 0.500. The van der Waals surface area contributed by atoms with Crippen molar-refractivity contribution in [3.8, 4) is 5.75 Å². The summed E-state index contributed by atoms with van der Waals surface area (Å²) < 4.78 is 5.23. The summed E-state index contributed by atoms with van der Waals surface area (Å²) in [5.74, 6) is 0.755. The molecule has 4 heteroatoms. The zero-order valence-electron chi connectivity index (χ0n) is 9.86. The Balaban J connectivity index is 2.15. The van der Waals surface area contributed by atoms with Crippen LogP contribution in [0.15, 0.2) is 18.2 Å². The number of rotatable bonds is 3. The number of nitrogens with one attached hydrogen (secondary N) is 1. The number of anilines is 2. The van der Waals surface area contributed by atoms with E-state index in [1.165, 1.54) is 12.1 Å². The van der Waals surface area contributed by atoms with E-state index >= 15 is 0 Å². The van der Waals surface area contributed by atoms with Gasteiger partial charge in [0, 0.05) is 30.9 Å². The van der Waals surface area contributed by atoms with Crippen molar-refractivity contribution in [2.75, 3.05) is 37.9 Å². The lowest BCUT2D eigenvalue weighted by molar-refractivity contribution is 0.417. The molecule has 1 aliphatic heterocycles. The van der Waals surface area contributed by atoms with E-state index in [4.69, 9.17) is 10.5 Å². The molecule has 0 saturated carbocycles. The van der Waals surface area contributed by atoms with Gasteiger partial charge >= 0.3 is 0 Å². The molecular formula is C12H19N3O. The Kier molecular flexibility index (Phi) is 3.19. The van der Waals surface area contributed by atoms with Crippen LogP contribution in [0.2, 0.25) is 0 Å². The molecule has 1 aromatic carbocycles. The molecule has 88 valence electrons. The largest absolute Gasteiger partial charge is 0.495 e. The lowest BCUT2D eigenvalue weighted by Gasteiger charge is -2.19. The van der Waals surface area contributed by atoms with E-state index in [1.807, 2.05) is 19.2 Å². The van der Waals surface area contributed by atoms with Crippen molar-refractivity contribution in [3.05, 3.63) is 18.2 Å². The van der Waals surface area contributed by atoms with Gasteiger partial charge in [0.2, 0.25) is 0 Å². The number of nitrogen functional groups attached to an aromatic ring is 1. The maximum Gasteiger partial charge on any atom is 0.143 e. The Labute approximate surface area is 96.4 Å². The van der Waals surface area contributed by atoms with Crippen molar-refractivity contribution < 1.29 is 4.74 Å². The SMILES string of the molecule is CN[C@H]1CCN(c2ccc(N)c(OC)c2)C1. The van der Waals surface area contributed by atoms with Crippen LogP contribution in [0.3, 0.4) is 0 Å². The normalized spacial score (nSPS) is 20.1. The summed E-state index contributed by atoms with van der Waals surface area (Å²) in [5, 5.41) is 3.31. The predicted molar refractivity (Wildman–Crippen MR) is 67.1 cm³/mol.